The van der Waals surface area contributed by atoms with Crippen molar-refractivity contribution in [3.05, 3.63) is 106 Å². The van der Waals surface area contributed by atoms with Crippen LogP contribution in [0.4, 0.5) is 4.39 Å². The maximum absolute atomic E-state index is 13.8. The summed E-state index contributed by atoms with van der Waals surface area (Å²) in [4.78, 5) is 2.22. The number of halogens is 1. The van der Waals surface area contributed by atoms with Crippen molar-refractivity contribution in [2.24, 2.45) is 0 Å². The predicted octanol–water partition coefficient (Wildman–Crippen LogP) is 7.25. The van der Waals surface area contributed by atoms with Crippen LogP contribution in [0.25, 0.3) is 11.1 Å². The van der Waals surface area contributed by atoms with Gasteiger partial charge in [-0.1, -0.05) is 107 Å². The maximum Gasteiger partial charge on any atom is 0.261 e. The minimum atomic E-state index is -2.73. The molecule has 0 unspecified atom stereocenters. The molecule has 0 saturated heterocycles. The van der Waals surface area contributed by atoms with Crippen LogP contribution >= 0.6 is 11.3 Å². The van der Waals surface area contributed by atoms with E-state index in [0.29, 0.717) is 6.61 Å². The van der Waals surface area contributed by atoms with Crippen molar-refractivity contribution in [3.63, 3.8) is 0 Å². The van der Waals surface area contributed by atoms with E-state index in [4.69, 9.17) is 4.43 Å². The molecule has 188 valence electrons. The van der Waals surface area contributed by atoms with Gasteiger partial charge in [-0.25, -0.2) is 4.39 Å². The van der Waals surface area contributed by atoms with Gasteiger partial charge in [0.25, 0.3) is 8.32 Å². The number of rotatable bonds is 8. The fourth-order valence-corrected chi connectivity index (χ4v) is 11.0. The van der Waals surface area contributed by atoms with Crippen LogP contribution in [0.15, 0.2) is 84.9 Å². The fraction of sp³-hybridized carbons (Fsp3) is 0.290. The molecule has 0 fully saturated rings. The van der Waals surface area contributed by atoms with Gasteiger partial charge in [0.2, 0.25) is 0 Å². The molecule has 0 spiro atoms. The highest BCUT2D eigenvalue weighted by molar-refractivity contribution is 7.12. The highest BCUT2D eigenvalue weighted by Gasteiger charge is 2.50. The Kier molecular flexibility index (Phi) is 7.96. The molecule has 0 atom stereocenters. The summed E-state index contributed by atoms with van der Waals surface area (Å²) in [5, 5.41) is 12.7. The molecule has 0 aliphatic heterocycles. The zero-order valence-electron chi connectivity index (χ0n) is 21.7. The molecular formula is C31H35FO2SSi. The van der Waals surface area contributed by atoms with Crippen LogP contribution in [-0.2, 0) is 17.6 Å². The second-order valence-corrected chi connectivity index (χ2v) is 16.0. The van der Waals surface area contributed by atoms with Gasteiger partial charge in [-0.3, -0.25) is 0 Å². The lowest BCUT2D eigenvalue weighted by molar-refractivity contribution is 0.280. The van der Waals surface area contributed by atoms with Crippen LogP contribution in [0, 0.1) is 5.82 Å². The lowest BCUT2D eigenvalue weighted by Gasteiger charge is -2.43. The zero-order valence-corrected chi connectivity index (χ0v) is 23.5. The molecule has 1 heterocycles. The molecule has 0 saturated carbocycles. The van der Waals surface area contributed by atoms with E-state index in [2.05, 4.69) is 83.1 Å². The molecule has 2 nitrogen and oxygen atoms in total. The van der Waals surface area contributed by atoms with Gasteiger partial charge in [-0.2, -0.15) is 0 Å². The van der Waals surface area contributed by atoms with Gasteiger partial charge < -0.3 is 9.53 Å². The summed E-state index contributed by atoms with van der Waals surface area (Å²) in [6.45, 7) is 11.5. The zero-order chi connectivity index (χ0) is 25.9. The Labute approximate surface area is 219 Å². The largest absolute Gasteiger partial charge is 0.402 e. The Morgan fingerprint density at radius 3 is 1.83 bits per heavy atom. The topological polar surface area (TPSA) is 29.5 Å². The molecule has 3 aromatic carbocycles. The summed E-state index contributed by atoms with van der Waals surface area (Å²) in [5.41, 5.74) is 2.80. The summed E-state index contributed by atoms with van der Waals surface area (Å²) < 4.78 is 21.0. The Hall–Kier alpha value is -2.57. The molecule has 0 amide bonds. The summed E-state index contributed by atoms with van der Waals surface area (Å²) in [7, 11) is -2.73. The van der Waals surface area contributed by atoms with Crippen LogP contribution in [-0.4, -0.2) is 13.4 Å². The molecule has 0 aliphatic rings. The van der Waals surface area contributed by atoms with Crippen molar-refractivity contribution in [3.8, 4) is 11.1 Å². The van der Waals surface area contributed by atoms with E-state index in [1.165, 1.54) is 22.5 Å². The smallest absolute Gasteiger partial charge is 0.261 e. The summed E-state index contributed by atoms with van der Waals surface area (Å²) in [6.07, 6.45) is 0. The number of thiophene rings is 1. The lowest BCUT2D eigenvalue weighted by atomic mass is 9.97. The molecule has 1 aromatic heterocycles. The van der Waals surface area contributed by atoms with Crippen LogP contribution in [0.3, 0.4) is 0 Å². The van der Waals surface area contributed by atoms with E-state index in [9.17, 15) is 9.50 Å². The normalized spacial score (nSPS) is 12.3. The van der Waals surface area contributed by atoms with Crippen LogP contribution in [0.2, 0.25) is 5.04 Å². The summed E-state index contributed by atoms with van der Waals surface area (Å²) in [5.74, 6) is -0.00770. The highest BCUT2D eigenvalue weighted by atomic mass is 32.1. The number of hydrogen-bond donors (Lipinski definition) is 1. The lowest BCUT2D eigenvalue weighted by Crippen LogP contribution is -2.66. The second-order valence-electron chi connectivity index (χ2n) is 10.5. The molecular weight excluding hydrogens is 483 g/mol. The minimum Gasteiger partial charge on any atom is -0.402 e. The van der Waals surface area contributed by atoms with Crippen molar-refractivity contribution in [1.82, 2.24) is 0 Å². The average Bonchev–Trinajstić information content (AvgIpc) is 3.24. The first kappa shape index (κ1) is 26.5. The first-order valence-corrected chi connectivity index (χ1v) is 15.2. The second kappa shape index (κ2) is 10.8. The Morgan fingerprint density at radius 2 is 1.39 bits per heavy atom. The van der Waals surface area contributed by atoms with Gasteiger partial charge in [0.15, 0.2) is 0 Å². The Morgan fingerprint density at radius 1 is 0.861 bits per heavy atom. The van der Waals surface area contributed by atoms with E-state index < -0.39 is 8.32 Å². The van der Waals surface area contributed by atoms with Gasteiger partial charge in [0, 0.05) is 15.3 Å². The van der Waals surface area contributed by atoms with Gasteiger partial charge in [0.05, 0.1) is 13.2 Å². The molecule has 4 aromatic rings. The molecule has 4 rings (SSSR count). The SMILES string of the molecule is CC(C)c1sc(CO[Si](c2ccccc2)(c2ccccc2)C(C)(C)C)c(-c2ccc(F)cc2)c1CO. The van der Waals surface area contributed by atoms with Crippen molar-refractivity contribution in [1.29, 1.82) is 0 Å². The summed E-state index contributed by atoms with van der Waals surface area (Å²) in [6, 6.07) is 27.8. The molecule has 5 heteroatoms. The predicted molar refractivity (Wildman–Crippen MR) is 152 cm³/mol. The van der Waals surface area contributed by atoms with E-state index in [1.807, 2.05) is 12.1 Å². The third-order valence-corrected chi connectivity index (χ3v) is 13.3. The third kappa shape index (κ3) is 4.98. The molecule has 1 N–H and O–H groups in total. The van der Waals surface area contributed by atoms with Gasteiger partial charge in [-0.15, -0.1) is 11.3 Å². The number of aliphatic hydroxyl groups is 1. The average molecular weight is 519 g/mol. The summed E-state index contributed by atoms with van der Waals surface area (Å²) >= 11 is 1.70. The molecule has 36 heavy (non-hydrogen) atoms. The van der Waals surface area contributed by atoms with Crippen molar-refractivity contribution in [2.75, 3.05) is 0 Å². The number of benzene rings is 3. The monoisotopic (exact) mass is 518 g/mol. The standard InChI is InChI=1S/C31H35FO2SSi/c1-22(2)30-27(20-33)29(23-16-18-24(32)19-17-23)28(35-30)21-34-36(31(3,4)5,25-12-8-6-9-13-25)26-14-10-7-11-15-26/h6-19,22,33H,20-21H2,1-5H3. The van der Waals surface area contributed by atoms with E-state index >= 15 is 0 Å². The highest BCUT2D eigenvalue weighted by Crippen LogP contribution is 2.43. The quantitative estimate of drug-likeness (QED) is 0.249. The van der Waals surface area contributed by atoms with Crippen LogP contribution < -0.4 is 10.4 Å². The first-order valence-electron chi connectivity index (χ1n) is 12.4. The van der Waals surface area contributed by atoms with Gasteiger partial charge in [-0.05, 0) is 44.6 Å². The molecule has 0 bridgehead atoms. The van der Waals surface area contributed by atoms with E-state index in [-0.39, 0.29) is 23.4 Å². The Bertz CT molecular complexity index is 1240. The first-order chi connectivity index (χ1) is 17.2. The number of aliphatic hydroxyl groups excluding tert-OH is 1. The van der Waals surface area contributed by atoms with Crippen molar-refractivity contribution < 1.29 is 13.9 Å². The Balaban J connectivity index is 1.88. The third-order valence-electron chi connectivity index (χ3n) is 6.76. The number of hydrogen-bond acceptors (Lipinski definition) is 3. The van der Waals surface area contributed by atoms with Gasteiger partial charge in [0.1, 0.15) is 5.82 Å². The van der Waals surface area contributed by atoms with Crippen LogP contribution in [0.1, 0.15) is 55.9 Å². The molecule has 0 aliphatic carbocycles. The van der Waals surface area contributed by atoms with Crippen LogP contribution in [0.5, 0.6) is 0 Å². The van der Waals surface area contributed by atoms with E-state index in [1.54, 1.807) is 23.5 Å². The van der Waals surface area contributed by atoms with Crippen molar-refractivity contribution in [2.45, 2.75) is 58.8 Å². The maximum atomic E-state index is 13.8. The van der Waals surface area contributed by atoms with Gasteiger partial charge >= 0.3 is 0 Å². The van der Waals surface area contributed by atoms with E-state index in [0.717, 1.165) is 26.4 Å². The molecule has 0 radical (unpaired) electrons. The minimum absolute atomic E-state index is 0.0596. The van der Waals surface area contributed by atoms with Crippen molar-refractivity contribution >= 4 is 30.0 Å². The fourth-order valence-electron chi connectivity index (χ4n) is 5.15.